The van der Waals surface area contributed by atoms with Gasteiger partial charge in [-0.25, -0.2) is 0 Å². The van der Waals surface area contributed by atoms with Crippen molar-refractivity contribution < 1.29 is 4.74 Å². The monoisotopic (exact) mass is 236 g/mol. The molecule has 0 bridgehead atoms. The van der Waals surface area contributed by atoms with Crippen molar-refractivity contribution in [2.45, 2.75) is 26.3 Å². The minimum absolute atomic E-state index is 0.699. The maximum atomic E-state index is 5.93. The number of benzene rings is 2. The zero-order valence-electron chi connectivity index (χ0n) is 11.1. The highest BCUT2D eigenvalue weighted by Crippen LogP contribution is 2.34. The van der Waals surface area contributed by atoms with Crippen molar-refractivity contribution in [3.63, 3.8) is 0 Å². The molecular weight excluding hydrogens is 219 g/mol. The van der Waals surface area contributed by atoms with Crippen LogP contribution in [0.15, 0.2) is 42.5 Å². The fourth-order valence-electron chi connectivity index (χ4n) is 2.06. The van der Waals surface area contributed by atoms with E-state index in [1.165, 1.54) is 10.8 Å². The minimum atomic E-state index is -0.699. The van der Waals surface area contributed by atoms with Gasteiger partial charge in [-0.2, -0.15) is 0 Å². The Bertz CT molecular complexity index is 585. The fraction of sp³-hybridized carbons (Fsp3) is 0.250. The van der Waals surface area contributed by atoms with E-state index in [4.69, 9.17) is 12.6 Å². The van der Waals surface area contributed by atoms with Crippen LogP contribution in [0.3, 0.4) is 0 Å². The van der Waals surface area contributed by atoms with Crippen LogP contribution in [-0.2, 0) is 0 Å². The molecule has 1 aliphatic heterocycles. The average molecular weight is 236 g/mol. The molecular formula is C16H17BO. The van der Waals surface area contributed by atoms with Gasteiger partial charge in [0.05, 0.1) is 5.50 Å². The molecule has 2 aromatic rings. The molecule has 0 saturated heterocycles. The molecule has 1 unspecified atom stereocenters. The molecule has 90 valence electrons. The first kappa shape index (κ1) is 12.8. The SMILES string of the molecule is CC.[B]C1(C)C=Cc2c(ccc3ccccc23)O1. The van der Waals surface area contributed by atoms with Gasteiger partial charge in [0.15, 0.2) is 0 Å². The Morgan fingerprint density at radius 3 is 2.56 bits per heavy atom. The Kier molecular flexibility index (Phi) is 3.47. The number of fused-ring (bicyclic) bond motifs is 3. The van der Waals surface area contributed by atoms with Crippen LogP contribution in [0.4, 0.5) is 0 Å². The molecule has 1 heterocycles. The molecule has 0 N–H and O–H groups in total. The predicted molar refractivity (Wildman–Crippen MR) is 79.1 cm³/mol. The van der Waals surface area contributed by atoms with E-state index in [1.807, 2.05) is 51.1 Å². The summed E-state index contributed by atoms with van der Waals surface area (Å²) in [5.74, 6) is 0.853. The third kappa shape index (κ3) is 2.28. The van der Waals surface area contributed by atoms with Gasteiger partial charge in [0.1, 0.15) is 13.6 Å². The van der Waals surface area contributed by atoms with Crippen LogP contribution in [0.25, 0.3) is 16.8 Å². The normalized spacial score (nSPS) is 20.6. The standard InChI is InChI=1S/C14H11BO.C2H6/c1-14(15)9-8-12-11-5-3-2-4-10(11)6-7-13(12)16-14;1-2/h2-9H,1H3;1-2H3. The Hall–Kier alpha value is -1.70. The van der Waals surface area contributed by atoms with E-state index in [0.717, 1.165) is 11.3 Å². The topological polar surface area (TPSA) is 9.23 Å². The highest BCUT2D eigenvalue weighted by atomic mass is 16.5. The molecule has 0 amide bonds. The first-order valence-electron chi connectivity index (χ1n) is 6.35. The molecule has 0 spiro atoms. The van der Waals surface area contributed by atoms with Gasteiger partial charge < -0.3 is 4.74 Å². The zero-order chi connectivity index (χ0) is 13.2. The molecule has 0 aromatic heterocycles. The summed E-state index contributed by atoms with van der Waals surface area (Å²) in [4.78, 5) is 0. The Morgan fingerprint density at radius 1 is 1.06 bits per heavy atom. The van der Waals surface area contributed by atoms with Gasteiger partial charge in [-0.3, -0.25) is 0 Å². The second kappa shape index (κ2) is 4.89. The van der Waals surface area contributed by atoms with Crippen molar-refractivity contribution in [1.29, 1.82) is 0 Å². The first-order valence-corrected chi connectivity index (χ1v) is 6.35. The van der Waals surface area contributed by atoms with Crippen molar-refractivity contribution in [2.24, 2.45) is 0 Å². The smallest absolute Gasteiger partial charge is 0.137 e. The summed E-state index contributed by atoms with van der Waals surface area (Å²) in [6.45, 7) is 5.85. The highest BCUT2D eigenvalue weighted by molar-refractivity contribution is 6.16. The highest BCUT2D eigenvalue weighted by Gasteiger charge is 2.21. The van der Waals surface area contributed by atoms with Crippen molar-refractivity contribution >= 4 is 24.7 Å². The van der Waals surface area contributed by atoms with Gasteiger partial charge >= 0.3 is 0 Å². The maximum absolute atomic E-state index is 5.93. The lowest BCUT2D eigenvalue weighted by atomic mass is 9.81. The minimum Gasteiger partial charge on any atom is -0.493 e. The van der Waals surface area contributed by atoms with E-state index >= 15 is 0 Å². The lowest BCUT2D eigenvalue weighted by molar-refractivity contribution is 0.224. The fourth-order valence-corrected chi connectivity index (χ4v) is 2.06. The number of ether oxygens (including phenoxy) is 1. The van der Waals surface area contributed by atoms with Crippen LogP contribution in [0.2, 0.25) is 0 Å². The Balaban J connectivity index is 0.000000574. The zero-order valence-corrected chi connectivity index (χ0v) is 11.1. The molecule has 1 aliphatic rings. The van der Waals surface area contributed by atoms with E-state index in [-0.39, 0.29) is 0 Å². The number of hydrogen-bond acceptors (Lipinski definition) is 1. The van der Waals surface area contributed by atoms with Crippen molar-refractivity contribution in [3.05, 3.63) is 48.0 Å². The molecule has 0 saturated carbocycles. The van der Waals surface area contributed by atoms with Crippen molar-refractivity contribution in [3.8, 4) is 5.75 Å². The largest absolute Gasteiger partial charge is 0.493 e. The maximum Gasteiger partial charge on any atom is 0.137 e. The van der Waals surface area contributed by atoms with Gasteiger partial charge in [-0.15, -0.1) is 0 Å². The average Bonchev–Trinajstić information content (AvgIpc) is 2.39. The molecule has 0 aliphatic carbocycles. The van der Waals surface area contributed by atoms with Crippen LogP contribution in [0.5, 0.6) is 5.75 Å². The van der Waals surface area contributed by atoms with E-state index in [2.05, 4.69) is 18.2 Å². The molecule has 3 rings (SSSR count). The quantitative estimate of drug-likeness (QED) is 0.624. The number of hydrogen-bond donors (Lipinski definition) is 0. The lowest BCUT2D eigenvalue weighted by Crippen LogP contribution is -2.31. The van der Waals surface area contributed by atoms with Gasteiger partial charge in [-0.05, 0) is 23.8 Å². The molecule has 2 aromatic carbocycles. The van der Waals surface area contributed by atoms with Gasteiger partial charge in [0.2, 0.25) is 0 Å². The van der Waals surface area contributed by atoms with E-state index in [1.54, 1.807) is 0 Å². The molecule has 0 fully saturated rings. The summed E-state index contributed by atoms with van der Waals surface area (Å²) in [7, 11) is 5.93. The molecule has 1 atom stereocenters. The molecule has 1 nitrogen and oxygen atoms in total. The van der Waals surface area contributed by atoms with E-state index in [9.17, 15) is 0 Å². The van der Waals surface area contributed by atoms with Crippen LogP contribution >= 0.6 is 0 Å². The number of rotatable bonds is 0. The van der Waals surface area contributed by atoms with Crippen LogP contribution < -0.4 is 4.74 Å². The summed E-state index contributed by atoms with van der Waals surface area (Å²) < 4.78 is 5.72. The summed E-state index contributed by atoms with van der Waals surface area (Å²) in [5.41, 5.74) is 0.413. The Morgan fingerprint density at radius 2 is 1.78 bits per heavy atom. The van der Waals surface area contributed by atoms with Crippen molar-refractivity contribution in [1.82, 2.24) is 0 Å². The van der Waals surface area contributed by atoms with E-state index in [0.29, 0.717) is 0 Å². The molecule has 18 heavy (non-hydrogen) atoms. The second-order valence-electron chi connectivity index (χ2n) is 4.32. The second-order valence-corrected chi connectivity index (χ2v) is 4.32. The van der Waals surface area contributed by atoms with Crippen LogP contribution in [0, 0.1) is 0 Å². The summed E-state index contributed by atoms with van der Waals surface area (Å²) in [6.07, 6.45) is 3.93. The summed E-state index contributed by atoms with van der Waals surface area (Å²) in [6, 6.07) is 12.3. The third-order valence-electron chi connectivity index (χ3n) is 2.84. The molecule has 2 heteroatoms. The predicted octanol–water partition coefficient (Wildman–Crippen LogP) is 4.16. The first-order chi connectivity index (χ1) is 8.66. The summed E-state index contributed by atoms with van der Waals surface area (Å²) >= 11 is 0. The van der Waals surface area contributed by atoms with Gasteiger partial charge in [-0.1, -0.05) is 56.3 Å². The van der Waals surface area contributed by atoms with Crippen LogP contribution in [-0.4, -0.2) is 13.3 Å². The third-order valence-corrected chi connectivity index (χ3v) is 2.84. The van der Waals surface area contributed by atoms with Gasteiger partial charge in [0, 0.05) is 5.56 Å². The molecule has 2 radical (unpaired) electrons. The lowest BCUT2D eigenvalue weighted by Gasteiger charge is -2.29. The summed E-state index contributed by atoms with van der Waals surface area (Å²) in [5, 5.41) is 2.42. The van der Waals surface area contributed by atoms with Crippen molar-refractivity contribution in [2.75, 3.05) is 0 Å². The van der Waals surface area contributed by atoms with E-state index < -0.39 is 5.50 Å². The van der Waals surface area contributed by atoms with Gasteiger partial charge in [0.25, 0.3) is 0 Å². The van der Waals surface area contributed by atoms with Crippen LogP contribution in [0.1, 0.15) is 26.3 Å². The Labute approximate surface area is 110 Å².